The molecule has 0 bridgehead atoms. The minimum atomic E-state index is -0.0591. The lowest BCUT2D eigenvalue weighted by Crippen LogP contribution is -1.98. The third kappa shape index (κ3) is 2.22. The first kappa shape index (κ1) is 10.5. The van der Waals surface area contributed by atoms with Gasteiger partial charge >= 0.3 is 0 Å². The second-order valence-electron chi connectivity index (χ2n) is 2.98. The van der Waals surface area contributed by atoms with Crippen LogP contribution in [0.1, 0.15) is 22.8 Å². The molecule has 1 rings (SSSR count). The Morgan fingerprint density at radius 1 is 1.57 bits per heavy atom. The number of carbonyl (C=O) groups is 1. The zero-order valence-electron chi connectivity index (χ0n) is 8.54. The van der Waals surface area contributed by atoms with Crippen LogP contribution in [0.4, 0.5) is 0 Å². The molecule has 0 fully saturated rings. The van der Waals surface area contributed by atoms with Crippen molar-refractivity contribution < 1.29 is 9.53 Å². The van der Waals surface area contributed by atoms with E-state index in [9.17, 15) is 4.79 Å². The van der Waals surface area contributed by atoms with E-state index in [0.717, 1.165) is 11.3 Å². The molecule has 2 heteroatoms. The van der Waals surface area contributed by atoms with Gasteiger partial charge in [0.15, 0.2) is 5.78 Å². The van der Waals surface area contributed by atoms with Crippen LogP contribution in [0, 0.1) is 6.92 Å². The minimum absolute atomic E-state index is 0.0591. The van der Waals surface area contributed by atoms with Crippen LogP contribution in [-0.4, -0.2) is 12.4 Å². The van der Waals surface area contributed by atoms with Gasteiger partial charge in [0.1, 0.15) is 5.75 Å². The number of benzene rings is 1. The summed E-state index contributed by atoms with van der Waals surface area (Å²) in [5.41, 5.74) is 1.63. The molecule has 74 valence electrons. The largest absolute Gasteiger partial charge is 0.494 e. The molecule has 0 atom stereocenters. The number of ketones is 1. The number of aryl methyl sites for hydroxylation is 1. The Hall–Kier alpha value is -1.57. The molecule has 2 nitrogen and oxygen atoms in total. The van der Waals surface area contributed by atoms with Crippen molar-refractivity contribution in [2.75, 3.05) is 6.61 Å². The van der Waals surface area contributed by atoms with Crippen LogP contribution in [0.3, 0.4) is 0 Å². The molecule has 0 heterocycles. The van der Waals surface area contributed by atoms with Crippen molar-refractivity contribution in [1.29, 1.82) is 0 Å². The summed E-state index contributed by atoms with van der Waals surface area (Å²) in [4.78, 5) is 11.3. The molecule has 0 aliphatic heterocycles. The topological polar surface area (TPSA) is 26.3 Å². The lowest BCUT2D eigenvalue weighted by Gasteiger charge is -2.07. The highest BCUT2D eigenvalue weighted by atomic mass is 16.5. The van der Waals surface area contributed by atoms with Crippen molar-refractivity contribution in [1.82, 2.24) is 0 Å². The summed E-state index contributed by atoms with van der Waals surface area (Å²) in [5.74, 6) is 0.768. The lowest BCUT2D eigenvalue weighted by molar-refractivity contribution is 0.104. The molecule has 0 aliphatic carbocycles. The van der Waals surface area contributed by atoms with Crippen molar-refractivity contribution >= 4 is 5.78 Å². The second kappa shape index (κ2) is 4.61. The molecule has 0 saturated heterocycles. The molecule has 0 radical (unpaired) electrons. The van der Waals surface area contributed by atoms with Crippen LogP contribution in [0.2, 0.25) is 0 Å². The third-order valence-electron chi connectivity index (χ3n) is 1.94. The highest BCUT2D eigenvalue weighted by Gasteiger charge is 2.04. The SMILES string of the molecule is C=CC(=O)c1ccc(OCC)c(C)c1. The van der Waals surface area contributed by atoms with Gasteiger partial charge in [-0.2, -0.15) is 0 Å². The lowest BCUT2D eigenvalue weighted by atomic mass is 10.1. The summed E-state index contributed by atoms with van der Waals surface area (Å²) in [6, 6.07) is 5.38. The van der Waals surface area contributed by atoms with Gasteiger partial charge in [-0.1, -0.05) is 6.58 Å². The van der Waals surface area contributed by atoms with Crippen molar-refractivity contribution in [3.05, 3.63) is 42.0 Å². The van der Waals surface area contributed by atoms with Gasteiger partial charge in [-0.15, -0.1) is 0 Å². The van der Waals surface area contributed by atoms with Gasteiger partial charge in [0, 0.05) is 5.56 Å². The average molecular weight is 190 g/mol. The van der Waals surface area contributed by atoms with E-state index in [2.05, 4.69) is 6.58 Å². The molecule has 1 aromatic rings. The Balaban J connectivity index is 2.99. The molecular formula is C12H14O2. The first-order valence-corrected chi connectivity index (χ1v) is 4.59. The zero-order valence-corrected chi connectivity index (χ0v) is 8.54. The molecule has 0 unspecified atom stereocenters. The van der Waals surface area contributed by atoms with E-state index in [-0.39, 0.29) is 5.78 Å². The Morgan fingerprint density at radius 2 is 2.29 bits per heavy atom. The number of hydrogen-bond acceptors (Lipinski definition) is 2. The fourth-order valence-electron chi connectivity index (χ4n) is 1.24. The summed E-state index contributed by atoms with van der Waals surface area (Å²) in [5, 5.41) is 0. The van der Waals surface area contributed by atoms with Gasteiger partial charge in [-0.3, -0.25) is 4.79 Å². The molecular weight excluding hydrogens is 176 g/mol. The molecule has 0 aromatic heterocycles. The van der Waals surface area contributed by atoms with Crippen LogP contribution >= 0.6 is 0 Å². The van der Waals surface area contributed by atoms with E-state index in [0.29, 0.717) is 12.2 Å². The zero-order chi connectivity index (χ0) is 10.6. The highest BCUT2D eigenvalue weighted by molar-refractivity contribution is 6.04. The second-order valence-corrected chi connectivity index (χ2v) is 2.98. The van der Waals surface area contributed by atoms with Gasteiger partial charge < -0.3 is 4.74 Å². The first-order valence-electron chi connectivity index (χ1n) is 4.59. The van der Waals surface area contributed by atoms with Gasteiger partial charge in [0.05, 0.1) is 6.61 Å². The summed E-state index contributed by atoms with van der Waals surface area (Å²) in [6.07, 6.45) is 1.31. The number of allylic oxidation sites excluding steroid dienone is 1. The third-order valence-corrected chi connectivity index (χ3v) is 1.94. The summed E-state index contributed by atoms with van der Waals surface area (Å²) < 4.78 is 5.37. The monoisotopic (exact) mass is 190 g/mol. The predicted molar refractivity (Wildman–Crippen MR) is 56.9 cm³/mol. The van der Waals surface area contributed by atoms with Gasteiger partial charge in [-0.25, -0.2) is 0 Å². The van der Waals surface area contributed by atoms with E-state index in [1.807, 2.05) is 26.0 Å². The highest BCUT2D eigenvalue weighted by Crippen LogP contribution is 2.19. The van der Waals surface area contributed by atoms with Crippen molar-refractivity contribution in [2.45, 2.75) is 13.8 Å². The summed E-state index contributed by atoms with van der Waals surface area (Å²) in [6.45, 7) is 7.93. The first-order chi connectivity index (χ1) is 6.69. The van der Waals surface area contributed by atoms with Crippen LogP contribution in [0.15, 0.2) is 30.9 Å². The van der Waals surface area contributed by atoms with Crippen molar-refractivity contribution in [3.63, 3.8) is 0 Å². The molecule has 14 heavy (non-hydrogen) atoms. The predicted octanol–water partition coefficient (Wildman–Crippen LogP) is 2.76. The Labute approximate surface area is 84.2 Å². The van der Waals surface area contributed by atoms with Crippen LogP contribution in [0.5, 0.6) is 5.75 Å². The van der Waals surface area contributed by atoms with Gasteiger partial charge in [0.25, 0.3) is 0 Å². The van der Waals surface area contributed by atoms with E-state index in [1.165, 1.54) is 6.08 Å². The minimum Gasteiger partial charge on any atom is -0.494 e. The van der Waals surface area contributed by atoms with Gasteiger partial charge in [0.2, 0.25) is 0 Å². The van der Waals surface area contributed by atoms with E-state index in [1.54, 1.807) is 6.07 Å². The molecule has 0 spiro atoms. The maximum Gasteiger partial charge on any atom is 0.185 e. The van der Waals surface area contributed by atoms with Crippen LogP contribution < -0.4 is 4.74 Å². The molecule has 0 aliphatic rings. The Morgan fingerprint density at radius 3 is 2.79 bits per heavy atom. The summed E-state index contributed by atoms with van der Waals surface area (Å²) >= 11 is 0. The normalized spacial score (nSPS) is 9.57. The maximum absolute atomic E-state index is 11.3. The smallest absolute Gasteiger partial charge is 0.185 e. The van der Waals surface area contributed by atoms with Crippen molar-refractivity contribution in [3.8, 4) is 5.75 Å². The average Bonchev–Trinajstić information content (AvgIpc) is 2.20. The van der Waals surface area contributed by atoms with Crippen molar-refractivity contribution in [2.24, 2.45) is 0 Å². The Bertz CT molecular complexity index is 353. The molecule has 0 saturated carbocycles. The maximum atomic E-state index is 11.3. The van der Waals surface area contributed by atoms with Crippen LogP contribution in [-0.2, 0) is 0 Å². The number of hydrogen-bond donors (Lipinski definition) is 0. The molecule has 1 aromatic carbocycles. The van der Waals surface area contributed by atoms with E-state index in [4.69, 9.17) is 4.74 Å². The van der Waals surface area contributed by atoms with Crippen LogP contribution in [0.25, 0.3) is 0 Å². The van der Waals surface area contributed by atoms with E-state index >= 15 is 0 Å². The fraction of sp³-hybridized carbons (Fsp3) is 0.250. The number of carbonyl (C=O) groups excluding carboxylic acids is 1. The Kier molecular flexibility index (Phi) is 3.46. The molecule has 0 N–H and O–H groups in total. The molecule has 0 amide bonds. The fourth-order valence-corrected chi connectivity index (χ4v) is 1.24. The van der Waals surface area contributed by atoms with E-state index < -0.39 is 0 Å². The number of rotatable bonds is 4. The standard InChI is InChI=1S/C12H14O2/c1-4-11(13)10-6-7-12(14-5-2)9(3)8-10/h4,6-8H,1,5H2,2-3H3. The number of ether oxygens (including phenoxy) is 1. The summed E-state index contributed by atoms with van der Waals surface area (Å²) in [7, 11) is 0. The quantitative estimate of drug-likeness (QED) is 0.539. The van der Waals surface area contributed by atoms with Gasteiger partial charge in [-0.05, 0) is 43.7 Å².